The van der Waals surface area contributed by atoms with Crippen molar-refractivity contribution in [3.63, 3.8) is 0 Å². The van der Waals surface area contributed by atoms with E-state index in [0.29, 0.717) is 19.0 Å². The van der Waals surface area contributed by atoms with Crippen LogP contribution in [0.25, 0.3) is 10.9 Å². The van der Waals surface area contributed by atoms with Crippen molar-refractivity contribution in [1.29, 1.82) is 0 Å². The maximum absolute atomic E-state index is 12.8. The maximum atomic E-state index is 12.8. The number of H-pyrrole nitrogens is 1. The molecule has 1 fully saturated rings. The molecule has 2 heterocycles. The molecular formula is C23H33N6O2+. The molecule has 0 amide bonds. The molecule has 0 spiro atoms. The molecule has 8 nitrogen and oxygen atoms in total. The van der Waals surface area contributed by atoms with Crippen molar-refractivity contribution in [1.82, 2.24) is 25.2 Å². The lowest BCUT2D eigenvalue weighted by Gasteiger charge is -2.28. The SMILES string of the molecule is CC[C@@H](c1nnnn1C1CCCC1)[NH+](CCCO)Cc1cc2cc(C)ccc2[nH]c1=O. The van der Waals surface area contributed by atoms with Gasteiger partial charge in [0.15, 0.2) is 0 Å². The monoisotopic (exact) mass is 425 g/mol. The first-order valence-electron chi connectivity index (χ1n) is 11.5. The van der Waals surface area contributed by atoms with Gasteiger partial charge in [-0.05, 0) is 53.8 Å². The second-order valence-corrected chi connectivity index (χ2v) is 8.76. The van der Waals surface area contributed by atoms with Crippen molar-refractivity contribution in [2.24, 2.45) is 0 Å². The number of pyridine rings is 1. The van der Waals surface area contributed by atoms with Gasteiger partial charge in [0.25, 0.3) is 5.56 Å². The largest absolute Gasteiger partial charge is 0.396 e. The standard InChI is InChI=1S/C23H32N6O2/c1-3-21(22-25-26-27-29(22)19-7-4-5-8-19)28(11-6-12-30)15-18-14-17-13-16(2)9-10-20(17)24-23(18)31/h9-10,13-14,19,21,30H,3-8,11-12,15H2,1-2H3,(H,24,31)/p+1/t21-/m0/s1. The lowest BCUT2D eigenvalue weighted by Crippen LogP contribution is -3.11. The summed E-state index contributed by atoms with van der Waals surface area (Å²) in [6, 6.07) is 8.50. The first-order chi connectivity index (χ1) is 15.1. The minimum Gasteiger partial charge on any atom is -0.396 e. The minimum atomic E-state index is -0.0527. The van der Waals surface area contributed by atoms with Gasteiger partial charge in [0.05, 0.1) is 18.2 Å². The van der Waals surface area contributed by atoms with E-state index in [1.165, 1.54) is 17.7 Å². The van der Waals surface area contributed by atoms with Crippen molar-refractivity contribution < 1.29 is 10.0 Å². The molecule has 166 valence electrons. The highest BCUT2D eigenvalue weighted by atomic mass is 16.3. The molecular weight excluding hydrogens is 392 g/mol. The molecule has 3 aromatic rings. The van der Waals surface area contributed by atoms with Crippen LogP contribution in [0.1, 0.15) is 74.5 Å². The third kappa shape index (κ3) is 4.70. The Balaban J connectivity index is 1.67. The zero-order valence-electron chi connectivity index (χ0n) is 18.5. The lowest BCUT2D eigenvalue weighted by molar-refractivity contribution is -0.946. The average Bonchev–Trinajstić information content (AvgIpc) is 3.45. The average molecular weight is 426 g/mol. The van der Waals surface area contributed by atoms with Gasteiger partial charge in [-0.3, -0.25) is 4.79 Å². The van der Waals surface area contributed by atoms with E-state index in [1.807, 2.05) is 22.9 Å². The number of aromatic amines is 1. The Morgan fingerprint density at radius 2 is 2.10 bits per heavy atom. The van der Waals surface area contributed by atoms with E-state index in [-0.39, 0.29) is 18.2 Å². The first-order valence-corrected chi connectivity index (χ1v) is 11.5. The number of aliphatic hydroxyl groups is 1. The van der Waals surface area contributed by atoms with Gasteiger partial charge in [-0.25, -0.2) is 4.68 Å². The van der Waals surface area contributed by atoms with E-state index in [4.69, 9.17) is 0 Å². The number of quaternary nitrogens is 1. The molecule has 3 N–H and O–H groups in total. The molecule has 1 saturated carbocycles. The van der Waals surface area contributed by atoms with Crippen molar-refractivity contribution >= 4 is 10.9 Å². The minimum absolute atomic E-state index is 0.0527. The van der Waals surface area contributed by atoms with Crippen LogP contribution < -0.4 is 10.5 Å². The number of hydrogen-bond acceptors (Lipinski definition) is 5. The predicted molar refractivity (Wildman–Crippen MR) is 119 cm³/mol. The summed E-state index contributed by atoms with van der Waals surface area (Å²) in [5, 5.41) is 23.3. The molecule has 0 saturated heterocycles. The fourth-order valence-corrected chi connectivity index (χ4v) is 4.93. The number of fused-ring (bicyclic) bond motifs is 1. The van der Waals surface area contributed by atoms with Gasteiger partial charge in [-0.2, -0.15) is 0 Å². The fourth-order valence-electron chi connectivity index (χ4n) is 4.93. The molecule has 1 aliphatic rings. The Hall–Kier alpha value is -2.58. The molecule has 4 rings (SSSR count). The van der Waals surface area contributed by atoms with Gasteiger partial charge >= 0.3 is 0 Å². The van der Waals surface area contributed by atoms with Crippen molar-refractivity contribution in [2.75, 3.05) is 13.2 Å². The Kier molecular flexibility index (Phi) is 6.77. The van der Waals surface area contributed by atoms with Crippen LogP contribution in [0, 0.1) is 6.92 Å². The van der Waals surface area contributed by atoms with Gasteiger partial charge in [0.1, 0.15) is 12.6 Å². The summed E-state index contributed by atoms with van der Waals surface area (Å²) < 4.78 is 2.02. The summed E-state index contributed by atoms with van der Waals surface area (Å²) in [5.41, 5.74) is 2.72. The van der Waals surface area contributed by atoms with Gasteiger partial charge in [0.2, 0.25) is 5.82 Å². The second-order valence-electron chi connectivity index (χ2n) is 8.76. The normalized spacial score (nSPS) is 16.7. The summed E-state index contributed by atoms with van der Waals surface area (Å²) in [4.78, 5) is 17.1. The van der Waals surface area contributed by atoms with Crippen LogP contribution in [-0.4, -0.2) is 43.4 Å². The van der Waals surface area contributed by atoms with Crippen molar-refractivity contribution in [2.45, 2.75) is 71.0 Å². The predicted octanol–water partition coefficient (Wildman–Crippen LogP) is 1.86. The molecule has 1 unspecified atom stereocenters. The highest BCUT2D eigenvalue weighted by molar-refractivity contribution is 5.79. The van der Waals surface area contributed by atoms with Crippen LogP contribution in [0.3, 0.4) is 0 Å². The Bertz CT molecular complexity index is 1070. The number of benzene rings is 1. The Morgan fingerprint density at radius 1 is 1.29 bits per heavy atom. The van der Waals surface area contributed by atoms with Crippen LogP contribution >= 0.6 is 0 Å². The molecule has 2 aromatic heterocycles. The van der Waals surface area contributed by atoms with E-state index >= 15 is 0 Å². The second kappa shape index (κ2) is 9.70. The summed E-state index contributed by atoms with van der Waals surface area (Å²) in [6.07, 6.45) is 6.19. The Labute approximate surface area is 182 Å². The molecule has 0 aliphatic heterocycles. The van der Waals surface area contributed by atoms with E-state index in [0.717, 1.165) is 53.7 Å². The van der Waals surface area contributed by atoms with Crippen LogP contribution in [0.15, 0.2) is 29.1 Å². The summed E-state index contributed by atoms with van der Waals surface area (Å²) >= 11 is 0. The van der Waals surface area contributed by atoms with Gasteiger partial charge < -0.3 is 15.0 Å². The van der Waals surface area contributed by atoms with E-state index in [2.05, 4.69) is 40.4 Å². The number of hydrogen-bond donors (Lipinski definition) is 3. The number of tetrazole rings is 1. The fraction of sp³-hybridized carbons (Fsp3) is 0.565. The van der Waals surface area contributed by atoms with E-state index in [9.17, 15) is 9.90 Å². The van der Waals surface area contributed by atoms with Crippen LogP contribution in [0.5, 0.6) is 0 Å². The van der Waals surface area contributed by atoms with Gasteiger partial charge in [-0.15, -0.1) is 5.10 Å². The van der Waals surface area contributed by atoms with E-state index in [1.54, 1.807) is 0 Å². The van der Waals surface area contributed by atoms with Crippen molar-refractivity contribution in [3.05, 3.63) is 51.6 Å². The quantitative estimate of drug-likeness (QED) is 0.486. The lowest BCUT2D eigenvalue weighted by atomic mass is 10.1. The van der Waals surface area contributed by atoms with Crippen LogP contribution in [0.2, 0.25) is 0 Å². The zero-order valence-corrected chi connectivity index (χ0v) is 18.5. The molecule has 2 atom stereocenters. The molecule has 1 aromatic carbocycles. The molecule has 31 heavy (non-hydrogen) atoms. The van der Waals surface area contributed by atoms with Crippen LogP contribution in [-0.2, 0) is 6.54 Å². The number of aromatic nitrogens is 5. The highest BCUT2D eigenvalue weighted by Crippen LogP contribution is 2.30. The molecule has 1 aliphatic carbocycles. The highest BCUT2D eigenvalue weighted by Gasteiger charge is 2.32. The number of rotatable bonds is 9. The number of nitrogens with one attached hydrogen (secondary N) is 2. The van der Waals surface area contributed by atoms with Crippen LogP contribution in [0.4, 0.5) is 0 Å². The Morgan fingerprint density at radius 3 is 2.84 bits per heavy atom. The number of aryl methyl sites for hydroxylation is 1. The number of aliphatic hydroxyl groups excluding tert-OH is 1. The summed E-state index contributed by atoms with van der Waals surface area (Å²) in [6.45, 7) is 5.64. The summed E-state index contributed by atoms with van der Waals surface area (Å²) in [7, 11) is 0. The topological polar surface area (TPSA) is 101 Å². The smallest absolute Gasteiger partial charge is 0.257 e. The molecule has 0 radical (unpaired) electrons. The third-order valence-electron chi connectivity index (χ3n) is 6.55. The zero-order chi connectivity index (χ0) is 21.8. The summed E-state index contributed by atoms with van der Waals surface area (Å²) in [5.74, 6) is 0.899. The van der Waals surface area contributed by atoms with Gasteiger partial charge in [-0.1, -0.05) is 31.4 Å². The van der Waals surface area contributed by atoms with Gasteiger partial charge in [0, 0.05) is 25.0 Å². The van der Waals surface area contributed by atoms with E-state index < -0.39 is 0 Å². The third-order valence-corrected chi connectivity index (χ3v) is 6.55. The van der Waals surface area contributed by atoms with Crippen molar-refractivity contribution in [3.8, 4) is 0 Å². The maximum Gasteiger partial charge on any atom is 0.257 e. The molecule has 8 heteroatoms. The number of nitrogens with zero attached hydrogens (tertiary/aromatic N) is 4. The molecule has 0 bridgehead atoms. The first kappa shape index (κ1) is 21.6.